The largest absolute Gasteiger partial charge is 0.318 e. The summed E-state index contributed by atoms with van der Waals surface area (Å²) in [6.45, 7) is 5.98. The van der Waals surface area contributed by atoms with Crippen molar-refractivity contribution in [1.82, 2.24) is 10.2 Å². The average molecular weight is 291 g/mol. The molecule has 0 aliphatic carbocycles. The maximum Gasteiger partial charge on any atom is 0.272 e. The third-order valence-corrected chi connectivity index (χ3v) is 4.52. The van der Waals surface area contributed by atoms with Gasteiger partial charge in [0.1, 0.15) is 0 Å². The number of nitrogens with zero attached hydrogens (tertiary/aromatic N) is 2. The highest BCUT2D eigenvalue weighted by Gasteiger charge is 2.27. The Morgan fingerprint density at radius 3 is 2.90 bits per heavy atom. The number of benzene rings is 1. The maximum absolute atomic E-state index is 11.1. The van der Waals surface area contributed by atoms with Gasteiger partial charge in [0.15, 0.2) is 0 Å². The van der Waals surface area contributed by atoms with E-state index < -0.39 is 0 Å². The van der Waals surface area contributed by atoms with Crippen molar-refractivity contribution in [3.63, 3.8) is 0 Å². The molecule has 0 radical (unpaired) electrons. The van der Waals surface area contributed by atoms with Crippen molar-refractivity contribution in [3.8, 4) is 0 Å². The molecule has 1 aromatic carbocycles. The Labute approximate surface area is 126 Å². The maximum atomic E-state index is 11.1. The van der Waals surface area contributed by atoms with E-state index in [0.717, 1.165) is 24.2 Å². The smallest absolute Gasteiger partial charge is 0.272 e. The highest BCUT2D eigenvalue weighted by Crippen LogP contribution is 2.31. The number of nitrogens with one attached hydrogen (secondary N) is 1. The second-order valence-electron chi connectivity index (χ2n) is 5.92. The van der Waals surface area contributed by atoms with Crippen LogP contribution in [0.25, 0.3) is 0 Å². The SMILES string of the molecule is CNCC1CCCCN1C(C)c1ccc(C)c([N+](=O)[O-])c1. The summed E-state index contributed by atoms with van der Waals surface area (Å²) in [6, 6.07) is 6.35. The molecule has 2 rings (SSSR count). The molecule has 0 spiro atoms. The first kappa shape index (κ1) is 15.9. The number of aryl methyl sites for hydroxylation is 1. The Hall–Kier alpha value is -1.46. The molecule has 2 atom stereocenters. The van der Waals surface area contributed by atoms with Gasteiger partial charge in [-0.15, -0.1) is 0 Å². The second-order valence-corrected chi connectivity index (χ2v) is 5.92. The van der Waals surface area contributed by atoms with Gasteiger partial charge in [-0.05, 0) is 45.8 Å². The Morgan fingerprint density at radius 2 is 2.24 bits per heavy atom. The number of hydrogen-bond donors (Lipinski definition) is 1. The van der Waals surface area contributed by atoms with Gasteiger partial charge in [0.2, 0.25) is 0 Å². The fourth-order valence-corrected chi connectivity index (χ4v) is 3.26. The molecule has 0 amide bonds. The molecular weight excluding hydrogens is 266 g/mol. The lowest BCUT2D eigenvalue weighted by molar-refractivity contribution is -0.385. The van der Waals surface area contributed by atoms with Crippen LogP contribution < -0.4 is 5.32 Å². The second kappa shape index (κ2) is 7.00. The average Bonchev–Trinajstić information content (AvgIpc) is 2.47. The number of likely N-dealkylation sites (N-methyl/N-ethyl adjacent to an activating group) is 1. The van der Waals surface area contributed by atoms with Gasteiger partial charge in [0.05, 0.1) is 4.92 Å². The molecule has 5 nitrogen and oxygen atoms in total. The summed E-state index contributed by atoms with van der Waals surface area (Å²) < 4.78 is 0. The van der Waals surface area contributed by atoms with Gasteiger partial charge in [-0.1, -0.05) is 18.6 Å². The lowest BCUT2D eigenvalue weighted by Gasteiger charge is -2.40. The highest BCUT2D eigenvalue weighted by molar-refractivity contribution is 5.43. The van der Waals surface area contributed by atoms with Gasteiger partial charge in [0, 0.05) is 30.3 Å². The van der Waals surface area contributed by atoms with Gasteiger partial charge in [0.25, 0.3) is 5.69 Å². The van der Waals surface area contributed by atoms with E-state index >= 15 is 0 Å². The van der Waals surface area contributed by atoms with Gasteiger partial charge in [-0.2, -0.15) is 0 Å². The van der Waals surface area contributed by atoms with Crippen molar-refractivity contribution in [1.29, 1.82) is 0 Å². The standard InChI is InChI=1S/C16H25N3O2/c1-12-7-8-14(10-16(12)19(20)21)13(2)18-9-5-4-6-15(18)11-17-3/h7-8,10,13,15,17H,4-6,9,11H2,1-3H3. The van der Waals surface area contributed by atoms with Gasteiger partial charge < -0.3 is 5.32 Å². The van der Waals surface area contributed by atoms with Crippen LogP contribution in [0, 0.1) is 17.0 Å². The van der Waals surface area contributed by atoms with E-state index in [-0.39, 0.29) is 16.7 Å². The fourth-order valence-electron chi connectivity index (χ4n) is 3.26. The molecule has 0 bridgehead atoms. The van der Waals surface area contributed by atoms with Gasteiger partial charge in [-0.3, -0.25) is 15.0 Å². The van der Waals surface area contributed by atoms with E-state index in [9.17, 15) is 10.1 Å². The number of hydrogen-bond acceptors (Lipinski definition) is 4. The van der Waals surface area contributed by atoms with E-state index in [4.69, 9.17) is 0 Å². The van der Waals surface area contributed by atoms with Crippen molar-refractivity contribution in [2.45, 2.75) is 45.2 Å². The Balaban J connectivity index is 2.23. The molecule has 1 heterocycles. The van der Waals surface area contributed by atoms with E-state index in [1.54, 1.807) is 13.0 Å². The number of nitro groups is 1. The first-order valence-corrected chi connectivity index (χ1v) is 7.70. The first-order chi connectivity index (χ1) is 10.0. The van der Waals surface area contributed by atoms with Crippen LogP contribution in [0.3, 0.4) is 0 Å². The zero-order chi connectivity index (χ0) is 15.4. The summed E-state index contributed by atoms with van der Waals surface area (Å²) in [7, 11) is 1.98. The monoisotopic (exact) mass is 291 g/mol. The van der Waals surface area contributed by atoms with Gasteiger partial charge in [-0.25, -0.2) is 0 Å². The molecule has 0 aromatic heterocycles. The van der Waals surface area contributed by atoms with Crippen molar-refractivity contribution >= 4 is 5.69 Å². The van der Waals surface area contributed by atoms with Crippen LogP contribution in [0.2, 0.25) is 0 Å². The molecule has 1 aliphatic rings. The van der Waals surface area contributed by atoms with Crippen LogP contribution in [0.4, 0.5) is 5.69 Å². The molecule has 5 heteroatoms. The molecule has 0 saturated carbocycles. The third kappa shape index (κ3) is 3.60. The van der Waals surface area contributed by atoms with E-state index in [2.05, 4.69) is 17.1 Å². The minimum atomic E-state index is -0.285. The molecule has 21 heavy (non-hydrogen) atoms. The molecule has 2 unspecified atom stereocenters. The third-order valence-electron chi connectivity index (χ3n) is 4.52. The molecule has 116 valence electrons. The predicted octanol–water partition coefficient (Wildman–Crippen LogP) is 3.04. The normalized spacial score (nSPS) is 21.2. The number of likely N-dealkylation sites (tertiary alicyclic amines) is 1. The summed E-state index contributed by atoms with van der Waals surface area (Å²) in [4.78, 5) is 13.3. The van der Waals surface area contributed by atoms with Crippen LogP contribution in [-0.4, -0.2) is 36.0 Å². The van der Waals surface area contributed by atoms with E-state index in [1.165, 1.54) is 19.3 Å². The highest BCUT2D eigenvalue weighted by atomic mass is 16.6. The van der Waals surface area contributed by atoms with Crippen LogP contribution in [0.15, 0.2) is 18.2 Å². The van der Waals surface area contributed by atoms with Crippen LogP contribution in [-0.2, 0) is 0 Å². The summed E-state index contributed by atoms with van der Waals surface area (Å²) in [5.41, 5.74) is 1.98. The number of piperidine rings is 1. The minimum absolute atomic E-state index is 0.211. The van der Waals surface area contributed by atoms with Gasteiger partial charge >= 0.3 is 0 Å². The number of rotatable bonds is 5. The Kier molecular flexibility index (Phi) is 5.31. The molecule has 1 fully saturated rings. The molecule has 1 aliphatic heterocycles. The summed E-state index contributed by atoms with van der Waals surface area (Å²) in [6.07, 6.45) is 3.67. The molecule has 1 N–H and O–H groups in total. The number of nitro benzene ring substituents is 1. The Morgan fingerprint density at radius 1 is 1.48 bits per heavy atom. The molecule has 1 saturated heterocycles. The van der Waals surface area contributed by atoms with Crippen molar-refractivity contribution in [2.24, 2.45) is 0 Å². The minimum Gasteiger partial charge on any atom is -0.318 e. The lowest BCUT2D eigenvalue weighted by atomic mass is 9.96. The summed E-state index contributed by atoms with van der Waals surface area (Å²) in [5.74, 6) is 0. The van der Waals surface area contributed by atoms with Crippen LogP contribution in [0.5, 0.6) is 0 Å². The van der Waals surface area contributed by atoms with Crippen LogP contribution in [0.1, 0.15) is 43.4 Å². The fraction of sp³-hybridized carbons (Fsp3) is 0.625. The lowest BCUT2D eigenvalue weighted by Crippen LogP contribution is -2.45. The van der Waals surface area contributed by atoms with Crippen LogP contribution >= 0.6 is 0 Å². The zero-order valence-corrected chi connectivity index (χ0v) is 13.1. The van der Waals surface area contributed by atoms with Crippen molar-refractivity contribution in [2.75, 3.05) is 20.1 Å². The summed E-state index contributed by atoms with van der Waals surface area (Å²) >= 11 is 0. The van der Waals surface area contributed by atoms with Crippen molar-refractivity contribution in [3.05, 3.63) is 39.4 Å². The molecular formula is C16H25N3O2. The van der Waals surface area contributed by atoms with E-state index in [1.807, 2.05) is 19.2 Å². The predicted molar refractivity (Wildman–Crippen MR) is 84.5 cm³/mol. The van der Waals surface area contributed by atoms with E-state index in [0.29, 0.717) is 6.04 Å². The first-order valence-electron chi connectivity index (χ1n) is 7.70. The zero-order valence-electron chi connectivity index (χ0n) is 13.1. The molecule has 1 aromatic rings. The van der Waals surface area contributed by atoms with Crippen molar-refractivity contribution < 1.29 is 4.92 Å². The topological polar surface area (TPSA) is 58.4 Å². The quantitative estimate of drug-likeness (QED) is 0.669. The Bertz CT molecular complexity index is 502. The summed E-state index contributed by atoms with van der Waals surface area (Å²) in [5, 5.41) is 14.4.